The van der Waals surface area contributed by atoms with Crippen LogP contribution in [-0.4, -0.2) is 17.9 Å². The van der Waals surface area contributed by atoms with Crippen LogP contribution in [0.15, 0.2) is 18.2 Å². The standard InChI is InChI=1S/C14H17ClN2O2/c1-9-7-11(5-6-12(9)15)17-14(19)8-10-3-2-4-13(18)16-10/h5-7,10H,2-4,8H2,1H3,(H,16,18)(H,17,19). The van der Waals surface area contributed by atoms with Crippen LogP contribution in [0, 0.1) is 6.92 Å². The first-order valence-electron chi connectivity index (χ1n) is 6.40. The summed E-state index contributed by atoms with van der Waals surface area (Å²) in [5.41, 5.74) is 1.65. The Morgan fingerprint density at radius 3 is 3.00 bits per heavy atom. The Morgan fingerprint density at radius 1 is 1.53 bits per heavy atom. The fourth-order valence-electron chi connectivity index (χ4n) is 2.19. The van der Waals surface area contributed by atoms with Gasteiger partial charge in [-0.3, -0.25) is 9.59 Å². The molecule has 2 rings (SSSR count). The first kappa shape index (κ1) is 13.9. The molecule has 1 fully saturated rings. The molecule has 0 aliphatic carbocycles. The molecule has 1 heterocycles. The normalized spacial score (nSPS) is 18.8. The van der Waals surface area contributed by atoms with Gasteiger partial charge in [0, 0.05) is 29.6 Å². The van der Waals surface area contributed by atoms with Crippen molar-refractivity contribution in [3.8, 4) is 0 Å². The molecule has 2 N–H and O–H groups in total. The lowest BCUT2D eigenvalue weighted by Gasteiger charge is -2.22. The van der Waals surface area contributed by atoms with E-state index in [4.69, 9.17) is 11.6 Å². The van der Waals surface area contributed by atoms with Gasteiger partial charge in [0.25, 0.3) is 0 Å². The molecule has 0 saturated carbocycles. The monoisotopic (exact) mass is 280 g/mol. The van der Waals surface area contributed by atoms with E-state index >= 15 is 0 Å². The fourth-order valence-corrected chi connectivity index (χ4v) is 2.31. The molecule has 102 valence electrons. The molecule has 0 bridgehead atoms. The minimum absolute atomic E-state index is 0.0337. The van der Waals surface area contributed by atoms with E-state index in [1.54, 1.807) is 12.1 Å². The van der Waals surface area contributed by atoms with Gasteiger partial charge in [-0.25, -0.2) is 0 Å². The summed E-state index contributed by atoms with van der Waals surface area (Å²) in [4.78, 5) is 23.1. The number of carbonyl (C=O) groups excluding carboxylic acids is 2. The highest BCUT2D eigenvalue weighted by Gasteiger charge is 2.20. The number of piperidine rings is 1. The van der Waals surface area contributed by atoms with Gasteiger partial charge >= 0.3 is 0 Å². The Bertz CT molecular complexity index is 502. The van der Waals surface area contributed by atoms with Crippen molar-refractivity contribution < 1.29 is 9.59 Å². The van der Waals surface area contributed by atoms with Crippen LogP contribution in [0.3, 0.4) is 0 Å². The first-order chi connectivity index (χ1) is 9.04. The van der Waals surface area contributed by atoms with Crippen molar-refractivity contribution in [3.05, 3.63) is 28.8 Å². The maximum atomic E-state index is 11.9. The molecule has 0 radical (unpaired) electrons. The average Bonchev–Trinajstić information content (AvgIpc) is 2.34. The molecular weight excluding hydrogens is 264 g/mol. The van der Waals surface area contributed by atoms with Gasteiger partial charge in [-0.1, -0.05) is 11.6 Å². The largest absolute Gasteiger partial charge is 0.353 e. The van der Waals surface area contributed by atoms with Crippen LogP contribution in [0.4, 0.5) is 5.69 Å². The lowest BCUT2D eigenvalue weighted by atomic mass is 10.0. The van der Waals surface area contributed by atoms with E-state index in [2.05, 4.69) is 10.6 Å². The lowest BCUT2D eigenvalue weighted by molar-refractivity contribution is -0.124. The smallest absolute Gasteiger partial charge is 0.226 e. The molecule has 5 heteroatoms. The van der Waals surface area contributed by atoms with Crippen molar-refractivity contribution in [2.24, 2.45) is 0 Å². The molecule has 1 aliphatic rings. The van der Waals surface area contributed by atoms with Gasteiger partial charge in [0.1, 0.15) is 0 Å². The summed E-state index contributed by atoms with van der Waals surface area (Å²) < 4.78 is 0. The third-order valence-corrected chi connectivity index (χ3v) is 3.62. The number of hydrogen-bond donors (Lipinski definition) is 2. The first-order valence-corrected chi connectivity index (χ1v) is 6.78. The van der Waals surface area contributed by atoms with E-state index in [9.17, 15) is 9.59 Å². The summed E-state index contributed by atoms with van der Waals surface area (Å²) in [6.45, 7) is 1.89. The highest BCUT2D eigenvalue weighted by molar-refractivity contribution is 6.31. The molecule has 1 saturated heterocycles. The van der Waals surface area contributed by atoms with Gasteiger partial charge < -0.3 is 10.6 Å². The summed E-state index contributed by atoms with van der Waals surface area (Å²) in [7, 11) is 0. The maximum Gasteiger partial charge on any atom is 0.226 e. The van der Waals surface area contributed by atoms with Crippen molar-refractivity contribution in [3.63, 3.8) is 0 Å². The second kappa shape index (κ2) is 6.06. The highest BCUT2D eigenvalue weighted by atomic mass is 35.5. The Morgan fingerprint density at radius 2 is 2.32 bits per heavy atom. The number of carbonyl (C=O) groups is 2. The molecule has 1 aliphatic heterocycles. The summed E-state index contributed by atoms with van der Waals surface area (Å²) in [5, 5.41) is 6.33. The number of amides is 2. The van der Waals surface area contributed by atoms with E-state index < -0.39 is 0 Å². The second-order valence-electron chi connectivity index (χ2n) is 4.87. The molecule has 19 heavy (non-hydrogen) atoms. The van der Waals surface area contributed by atoms with E-state index in [0.29, 0.717) is 17.9 Å². The van der Waals surface area contributed by atoms with Crippen LogP contribution >= 0.6 is 11.6 Å². The van der Waals surface area contributed by atoms with Crippen molar-refractivity contribution in [2.75, 3.05) is 5.32 Å². The van der Waals surface area contributed by atoms with Crippen LogP contribution in [0.2, 0.25) is 5.02 Å². The molecular formula is C14H17ClN2O2. The van der Waals surface area contributed by atoms with Crippen molar-refractivity contribution in [1.29, 1.82) is 0 Å². The number of benzene rings is 1. The van der Waals surface area contributed by atoms with Crippen molar-refractivity contribution in [2.45, 2.75) is 38.6 Å². The molecule has 1 aromatic carbocycles. The second-order valence-corrected chi connectivity index (χ2v) is 5.28. The molecule has 0 aromatic heterocycles. The third-order valence-electron chi connectivity index (χ3n) is 3.20. The SMILES string of the molecule is Cc1cc(NC(=O)CC2CCCC(=O)N2)ccc1Cl. The molecule has 1 unspecified atom stereocenters. The summed E-state index contributed by atoms with van der Waals surface area (Å²) in [6, 6.07) is 5.32. The van der Waals surface area contributed by atoms with Gasteiger partial charge in [0.2, 0.25) is 11.8 Å². The number of nitrogens with one attached hydrogen (secondary N) is 2. The van der Waals surface area contributed by atoms with Gasteiger partial charge in [-0.2, -0.15) is 0 Å². The van der Waals surface area contributed by atoms with Crippen LogP contribution in [0.5, 0.6) is 0 Å². The van der Waals surface area contributed by atoms with Gasteiger partial charge in [0.15, 0.2) is 0 Å². The number of aryl methyl sites for hydroxylation is 1. The predicted molar refractivity (Wildman–Crippen MR) is 75.2 cm³/mol. The molecule has 0 spiro atoms. The van der Waals surface area contributed by atoms with E-state index in [1.165, 1.54) is 0 Å². The Labute approximate surface area is 117 Å². The zero-order valence-corrected chi connectivity index (χ0v) is 11.6. The zero-order chi connectivity index (χ0) is 13.8. The Kier molecular flexibility index (Phi) is 4.43. The van der Waals surface area contributed by atoms with Gasteiger partial charge in [0.05, 0.1) is 0 Å². The van der Waals surface area contributed by atoms with E-state index in [0.717, 1.165) is 24.1 Å². The predicted octanol–water partition coefficient (Wildman–Crippen LogP) is 2.65. The van der Waals surface area contributed by atoms with Gasteiger partial charge in [-0.15, -0.1) is 0 Å². The Hall–Kier alpha value is -1.55. The summed E-state index contributed by atoms with van der Waals surface area (Å²) in [5.74, 6) is -0.0553. The van der Waals surface area contributed by atoms with Crippen molar-refractivity contribution in [1.82, 2.24) is 5.32 Å². The van der Waals surface area contributed by atoms with Crippen LogP contribution < -0.4 is 10.6 Å². The molecule has 1 atom stereocenters. The third kappa shape index (κ3) is 3.96. The fraction of sp³-hybridized carbons (Fsp3) is 0.429. The topological polar surface area (TPSA) is 58.2 Å². The number of anilines is 1. The van der Waals surface area contributed by atoms with E-state index in [-0.39, 0.29) is 17.9 Å². The lowest BCUT2D eigenvalue weighted by Crippen LogP contribution is -2.40. The minimum atomic E-state index is -0.0890. The van der Waals surface area contributed by atoms with Gasteiger partial charge in [-0.05, 0) is 43.5 Å². The molecule has 4 nitrogen and oxygen atoms in total. The zero-order valence-electron chi connectivity index (χ0n) is 10.8. The summed E-state index contributed by atoms with van der Waals surface area (Å²) >= 11 is 5.93. The van der Waals surface area contributed by atoms with E-state index in [1.807, 2.05) is 13.0 Å². The Balaban J connectivity index is 1.90. The minimum Gasteiger partial charge on any atom is -0.353 e. The highest BCUT2D eigenvalue weighted by Crippen LogP contribution is 2.20. The average molecular weight is 281 g/mol. The van der Waals surface area contributed by atoms with Crippen LogP contribution in [-0.2, 0) is 9.59 Å². The van der Waals surface area contributed by atoms with Crippen molar-refractivity contribution >= 4 is 29.1 Å². The number of hydrogen-bond acceptors (Lipinski definition) is 2. The summed E-state index contributed by atoms with van der Waals surface area (Å²) in [6.07, 6.45) is 2.59. The quantitative estimate of drug-likeness (QED) is 0.894. The number of rotatable bonds is 3. The molecule has 2 amide bonds. The van der Waals surface area contributed by atoms with Crippen LogP contribution in [0.1, 0.15) is 31.2 Å². The van der Waals surface area contributed by atoms with Crippen LogP contribution in [0.25, 0.3) is 0 Å². The maximum absolute atomic E-state index is 11.9. The number of halogens is 1. The molecule has 1 aromatic rings.